The molecule has 1 saturated heterocycles. The summed E-state index contributed by atoms with van der Waals surface area (Å²) in [6.45, 7) is 1.04. The Balaban J connectivity index is 1.42. The molecular formula is C28H23FN6O2. The third-order valence-electron chi connectivity index (χ3n) is 6.94. The molecule has 0 spiro atoms. The van der Waals surface area contributed by atoms with E-state index in [2.05, 4.69) is 15.0 Å². The van der Waals surface area contributed by atoms with Gasteiger partial charge in [-0.15, -0.1) is 0 Å². The van der Waals surface area contributed by atoms with Crippen molar-refractivity contribution < 1.29 is 9.18 Å². The number of benzene rings is 2. The molecule has 184 valence electrons. The maximum atomic E-state index is 15.1. The first kappa shape index (κ1) is 22.8. The SMILES string of the molecule is Nc1ccc(-c2cc3c(cc2F)ncc2ncc(=O)n(C4CCN(C(=O)c5ccccc5)CC4)c23)cn1. The van der Waals surface area contributed by atoms with Gasteiger partial charge in [-0.05, 0) is 43.2 Å². The number of halogens is 1. The highest BCUT2D eigenvalue weighted by atomic mass is 19.1. The Bertz CT molecular complexity index is 1690. The zero-order valence-electron chi connectivity index (χ0n) is 19.8. The van der Waals surface area contributed by atoms with Crippen molar-refractivity contribution in [1.82, 2.24) is 24.4 Å². The lowest BCUT2D eigenvalue weighted by molar-refractivity contribution is 0.0695. The summed E-state index contributed by atoms with van der Waals surface area (Å²) in [6, 6.07) is 15.4. The van der Waals surface area contributed by atoms with Crippen LogP contribution >= 0.6 is 0 Å². The van der Waals surface area contributed by atoms with Crippen LogP contribution in [0.1, 0.15) is 29.2 Å². The Morgan fingerprint density at radius 1 is 0.919 bits per heavy atom. The second kappa shape index (κ2) is 9.09. The topological polar surface area (TPSA) is 107 Å². The lowest BCUT2D eigenvalue weighted by Gasteiger charge is -2.33. The Morgan fingerprint density at radius 2 is 1.68 bits per heavy atom. The minimum absolute atomic E-state index is 0.0159. The largest absolute Gasteiger partial charge is 0.384 e. The first-order valence-corrected chi connectivity index (χ1v) is 12.1. The number of likely N-dealkylation sites (tertiary alicyclic amines) is 1. The summed E-state index contributed by atoms with van der Waals surface area (Å²) in [5.74, 6) is -0.124. The summed E-state index contributed by atoms with van der Waals surface area (Å²) in [5, 5.41) is 0.624. The van der Waals surface area contributed by atoms with Crippen molar-refractivity contribution in [3.05, 3.63) is 94.9 Å². The molecule has 5 aromatic rings. The average molecular weight is 495 g/mol. The maximum Gasteiger partial charge on any atom is 0.269 e. The fourth-order valence-electron chi connectivity index (χ4n) is 5.07. The van der Waals surface area contributed by atoms with Gasteiger partial charge in [-0.1, -0.05) is 18.2 Å². The van der Waals surface area contributed by atoms with Gasteiger partial charge in [-0.3, -0.25) is 14.6 Å². The number of fused-ring (bicyclic) bond motifs is 3. The number of piperidine rings is 1. The van der Waals surface area contributed by atoms with Crippen LogP contribution in [0.4, 0.5) is 10.2 Å². The highest BCUT2D eigenvalue weighted by Gasteiger charge is 2.27. The molecule has 0 aliphatic carbocycles. The number of rotatable bonds is 3. The molecule has 0 atom stereocenters. The van der Waals surface area contributed by atoms with E-state index >= 15 is 4.39 Å². The van der Waals surface area contributed by atoms with Crippen molar-refractivity contribution in [2.45, 2.75) is 18.9 Å². The Kier molecular flexibility index (Phi) is 5.60. The van der Waals surface area contributed by atoms with Crippen molar-refractivity contribution in [1.29, 1.82) is 0 Å². The van der Waals surface area contributed by atoms with Gasteiger partial charge in [0, 0.05) is 53.5 Å². The third kappa shape index (κ3) is 4.08. The lowest BCUT2D eigenvalue weighted by atomic mass is 10.0. The molecule has 6 rings (SSSR count). The zero-order valence-corrected chi connectivity index (χ0v) is 19.8. The van der Waals surface area contributed by atoms with Crippen molar-refractivity contribution in [3.8, 4) is 11.1 Å². The van der Waals surface area contributed by atoms with E-state index in [1.165, 1.54) is 18.5 Å². The summed E-state index contributed by atoms with van der Waals surface area (Å²) < 4.78 is 16.8. The van der Waals surface area contributed by atoms with Crippen LogP contribution in [-0.2, 0) is 0 Å². The summed E-state index contributed by atoms with van der Waals surface area (Å²) in [4.78, 5) is 40.7. The van der Waals surface area contributed by atoms with E-state index in [1.807, 2.05) is 35.2 Å². The number of hydrogen-bond acceptors (Lipinski definition) is 6. The molecule has 37 heavy (non-hydrogen) atoms. The molecule has 0 bridgehead atoms. The highest BCUT2D eigenvalue weighted by Crippen LogP contribution is 2.33. The Hall–Kier alpha value is -4.66. The number of hydrogen-bond donors (Lipinski definition) is 1. The highest BCUT2D eigenvalue weighted by molar-refractivity contribution is 6.03. The van der Waals surface area contributed by atoms with Crippen LogP contribution in [0.15, 0.2) is 78.0 Å². The zero-order chi connectivity index (χ0) is 25.5. The first-order chi connectivity index (χ1) is 18.0. The molecule has 4 heterocycles. The molecule has 0 unspecified atom stereocenters. The molecule has 0 radical (unpaired) electrons. The van der Waals surface area contributed by atoms with E-state index in [4.69, 9.17) is 5.73 Å². The van der Waals surface area contributed by atoms with Gasteiger partial charge in [0.1, 0.15) is 17.2 Å². The minimum Gasteiger partial charge on any atom is -0.384 e. The fraction of sp³-hybridized carbons (Fsp3) is 0.179. The third-order valence-corrected chi connectivity index (χ3v) is 6.94. The van der Waals surface area contributed by atoms with E-state index < -0.39 is 5.82 Å². The van der Waals surface area contributed by atoms with E-state index in [0.717, 1.165) is 0 Å². The normalized spacial score (nSPS) is 14.4. The number of nitrogens with two attached hydrogens (primary N) is 1. The van der Waals surface area contributed by atoms with Crippen LogP contribution < -0.4 is 11.3 Å². The van der Waals surface area contributed by atoms with E-state index in [9.17, 15) is 9.59 Å². The summed E-state index contributed by atoms with van der Waals surface area (Å²) in [7, 11) is 0. The Morgan fingerprint density at radius 3 is 2.41 bits per heavy atom. The van der Waals surface area contributed by atoms with Gasteiger partial charge in [0.15, 0.2) is 0 Å². The molecule has 9 heteroatoms. The van der Waals surface area contributed by atoms with E-state index in [1.54, 1.807) is 29.0 Å². The van der Waals surface area contributed by atoms with Crippen LogP contribution in [0.25, 0.3) is 33.1 Å². The molecule has 0 saturated carbocycles. The molecule has 1 fully saturated rings. The molecule has 1 aliphatic rings. The van der Waals surface area contributed by atoms with E-state index in [0.29, 0.717) is 70.4 Å². The van der Waals surface area contributed by atoms with Crippen LogP contribution in [0.2, 0.25) is 0 Å². The lowest BCUT2D eigenvalue weighted by Crippen LogP contribution is -2.41. The fourth-order valence-corrected chi connectivity index (χ4v) is 5.07. The molecule has 2 N–H and O–H groups in total. The Labute approximate surface area is 211 Å². The number of carbonyl (C=O) groups excluding carboxylic acids is 1. The summed E-state index contributed by atoms with van der Waals surface area (Å²) in [5.41, 5.74) is 8.59. The predicted molar refractivity (Wildman–Crippen MR) is 140 cm³/mol. The maximum absolute atomic E-state index is 15.1. The molecule has 2 aromatic carbocycles. The van der Waals surface area contributed by atoms with Gasteiger partial charge in [0.2, 0.25) is 0 Å². The number of nitrogen functional groups attached to an aromatic ring is 1. The van der Waals surface area contributed by atoms with E-state index in [-0.39, 0.29) is 17.5 Å². The first-order valence-electron chi connectivity index (χ1n) is 12.1. The average Bonchev–Trinajstić information content (AvgIpc) is 2.93. The van der Waals surface area contributed by atoms with Crippen molar-refractivity contribution in [2.75, 3.05) is 18.8 Å². The van der Waals surface area contributed by atoms with Gasteiger partial charge in [-0.2, -0.15) is 0 Å². The van der Waals surface area contributed by atoms with Gasteiger partial charge < -0.3 is 15.2 Å². The van der Waals surface area contributed by atoms with Crippen molar-refractivity contribution in [2.24, 2.45) is 0 Å². The molecule has 1 aliphatic heterocycles. The van der Waals surface area contributed by atoms with Crippen LogP contribution in [-0.4, -0.2) is 43.4 Å². The van der Waals surface area contributed by atoms with Crippen molar-refractivity contribution >= 4 is 33.7 Å². The standard InChI is InChI=1S/C28H23FN6O2/c29-22-13-23-21(12-20(22)18-6-7-25(30)33-14-18)27-24(15-31-23)32-16-26(36)35(27)19-8-10-34(11-9-19)28(37)17-4-2-1-3-5-17/h1-7,12-16,19H,8-11H2,(H2,30,33). The van der Waals surface area contributed by atoms with Crippen LogP contribution in [0.3, 0.4) is 0 Å². The quantitative estimate of drug-likeness (QED) is 0.377. The second-order valence-electron chi connectivity index (χ2n) is 9.17. The predicted octanol–water partition coefficient (Wildman–Crippen LogP) is 4.21. The second-order valence-corrected chi connectivity index (χ2v) is 9.17. The van der Waals surface area contributed by atoms with Crippen molar-refractivity contribution in [3.63, 3.8) is 0 Å². The number of carbonyl (C=O) groups is 1. The number of anilines is 1. The molecule has 3 aromatic heterocycles. The molecular weight excluding hydrogens is 471 g/mol. The number of pyridine rings is 2. The minimum atomic E-state index is -0.448. The van der Waals surface area contributed by atoms with Gasteiger partial charge in [0.25, 0.3) is 11.5 Å². The molecule has 1 amide bonds. The van der Waals surface area contributed by atoms with Gasteiger partial charge in [0.05, 0.1) is 23.4 Å². The smallest absolute Gasteiger partial charge is 0.269 e. The van der Waals surface area contributed by atoms with Crippen LogP contribution in [0, 0.1) is 5.82 Å². The van der Waals surface area contributed by atoms with Gasteiger partial charge in [-0.25, -0.2) is 14.4 Å². The number of aromatic nitrogens is 4. The monoisotopic (exact) mass is 494 g/mol. The summed E-state index contributed by atoms with van der Waals surface area (Å²) in [6.07, 6.45) is 5.59. The molecule has 8 nitrogen and oxygen atoms in total. The number of nitrogens with zero attached hydrogens (tertiary/aromatic N) is 5. The van der Waals surface area contributed by atoms with Crippen LogP contribution in [0.5, 0.6) is 0 Å². The number of amides is 1. The van der Waals surface area contributed by atoms with Gasteiger partial charge >= 0.3 is 0 Å². The summed E-state index contributed by atoms with van der Waals surface area (Å²) >= 11 is 0.